The second-order valence-electron chi connectivity index (χ2n) is 4.74. The maximum Gasteiger partial charge on any atom is 0.242 e. The second kappa shape index (κ2) is 6.55. The molecule has 1 N–H and O–H groups in total. The van der Waals surface area contributed by atoms with Gasteiger partial charge in [0.2, 0.25) is 10.0 Å². The number of nitrogens with one attached hydrogen (secondary N) is 1. The molecule has 0 bridgehead atoms. The molecule has 21 heavy (non-hydrogen) atoms. The molecule has 1 aromatic heterocycles. The van der Waals surface area contributed by atoms with Gasteiger partial charge in [0.25, 0.3) is 0 Å². The smallest absolute Gasteiger partial charge is 0.242 e. The molecule has 2 rings (SSSR count). The predicted molar refractivity (Wildman–Crippen MR) is 86.1 cm³/mol. The van der Waals surface area contributed by atoms with Gasteiger partial charge in [-0.3, -0.25) is 0 Å². The van der Waals surface area contributed by atoms with Crippen LogP contribution in [0.5, 0.6) is 0 Å². The molecule has 0 fully saturated rings. The van der Waals surface area contributed by atoms with E-state index in [1.54, 1.807) is 35.6 Å². The van der Waals surface area contributed by atoms with Crippen LogP contribution in [0.2, 0.25) is 0 Å². The molecule has 114 valence electrons. The number of rotatable bonds is 6. The summed E-state index contributed by atoms with van der Waals surface area (Å²) in [5.41, 5.74) is 0.888. The average Bonchev–Trinajstić information content (AvgIpc) is 2.93. The summed E-state index contributed by atoms with van der Waals surface area (Å²) in [7, 11) is -0.314. The molecule has 0 saturated heterocycles. The Morgan fingerprint density at radius 3 is 2.43 bits per heavy atom. The van der Waals surface area contributed by atoms with Crippen molar-refractivity contribution in [1.29, 1.82) is 0 Å². The highest BCUT2D eigenvalue weighted by Gasteiger charge is 2.16. The summed E-state index contributed by atoms with van der Waals surface area (Å²) in [6, 6.07) is 6.78. The third kappa shape index (κ3) is 3.81. The van der Waals surface area contributed by atoms with E-state index in [0.29, 0.717) is 11.4 Å². The minimum absolute atomic E-state index is 0.295. The number of benzene rings is 1. The van der Waals surface area contributed by atoms with Crippen LogP contribution in [0.1, 0.15) is 16.8 Å². The SMILES string of the molecule is CCc1ncc(CNc2ccc(S(=O)(=O)N(C)C)cc2)s1. The number of aryl methyl sites for hydroxylation is 1. The first-order valence-corrected chi connectivity index (χ1v) is 8.89. The third-order valence-corrected chi connectivity index (χ3v) is 5.97. The molecule has 1 aromatic carbocycles. The Morgan fingerprint density at radius 2 is 1.90 bits per heavy atom. The molecule has 0 aliphatic carbocycles. The number of anilines is 1. The van der Waals surface area contributed by atoms with E-state index in [1.165, 1.54) is 18.4 Å². The van der Waals surface area contributed by atoms with Crippen molar-refractivity contribution in [2.45, 2.75) is 24.8 Å². The summed E-state index contributed by atoms with van der Waals surface area (Å²) >= 11 is 1.69. The molecule has 1 heterocycles. The number of thiazole rings is 1. The normalized spacial score (nSPS) is 11.8. The van der Waals surface area contributed by atoms with Crippen LogP contribution < -0.4 is 5.32 Å². The highest BCUT2D eigenvalue weighted by atomic mass is 32.2. The van der Waals surface area contributed by atoms with Crippen LogP contribution in [-0.4, -0.2) is 31.8 Å². The molecule has 0 saturated carbocycles. The molecule has 0 aliphatic rings. The van der Waals surface area contributed by atoms with Gasteiger partial charge in [0.15, 0.2) is 0 Å². The van der Waals surface area contributed by atoms with Crippen molar-refractivity contribution >= 4 is 27.0 Å². The Bertz CT molecular complexity index is 691. The fourth-order valence-corrected chi connectivity index (χ4v) is 3.44. The minimum atomic E-state index is -3.36. The van der Waals surface area contributed by atoms with Gasteiger partial charge in [0.1, 0.15) is 0 Å². The van der Waals surface area contributed by atoms with E-state index >= 15 is 0 Å². The first-order chi connectivity index (χ1) is 9.93. The summed E-state index contributed by atoms with van der Waals surface area (Å²) in [6.07, 6.45) is 2.82. The molecule has 7 heteroatoms. The Morgan fingerprint density at radius 1 is 1.24 bits per heavy atom. The number of hydrogen-bond acceptors (Lipinski definition) is 5. The molecule has 0 unspecified atom stereocenters. The molecular weight excluding hydrogens is 306 g/mol. The van der Waals surface area contributed by atoms with Gasteiger partial charge < -0.3 is 5.32 Å². The van der Waals surface area contributed by atoms with E-state index in [0.717, 1.165) is 22.0 Å². The molecule has 0 spiro atoms. The molecule has 2 aromatic rings. The van der Waals surface area contributed by atoms with Crippen LogP contribution in [0.25, 0.3) is 0 Å². The molecule has 0 aliphatic heterocycles. The van der Waals surface area contributed by atoms with Crippen molar-refractivity contribution in [3.63, 3.8) is 0 Å². The van der Waals surface area contributed by atoms with Crippen molar-refractivity contribution < 1.29 is 8.42 Å². The Balaban J connectivity index is 2.03. The van der Waals surface area contributed by atoms with E-state index in [2.05, 4.69) is 17.2 Å². The van der Waals surface area contributed by atoms with Crippen molar-refractivity contribution in [2.24, 2.45) is 0 Å². The molecule has 0 atom stereocenters. The highest BCUT2D eigenvalue weighted by Crippen LogP contribution is 2.19. The molecule has 0 amide bonds. The lowest BCUT2D eigenvalue weighted by atomic mass is 10.3. The van der Waals surface area contributed by atoms with Crippen LogP contribution in [0.4, 0.5) is 5.69 Å². The largest absolute Gasteiger partial charge is 0.380 e. The van der Waals surface area contributed by atoms with Gasteiger partial charge in [-0.25, -0.2) is 17.7 Å². The van der Waals surface area contributed by atoms with Crippen molar-refractivity contribution in [3.05, 3.63) is 40.3 Å². The highest BCUT2D eigenvalue weighted by molar-refractivity contribution is 7.89. The first-order valence-electron chi connectivity index (χ1n) is 6.63. The quantitative estimate of drug-likeness (QED) is 0.886. The standard InChI is InChI=1S/C14H19N3O2S2/c1-4-14-16-10-12(20-14)9-15-11-5-7-13(8-6-11)21(18,19)17(2)3/h5-8,10,15H,4,9H2,1-3H3. The monoisotopic (exact) mass is 325 g/mol. The number of sulfonamides is 1. The van der Waals surface area contributed by atoms with Crippen LogP contribution in [0, 0.1) is 0 Å². The zero-order chi connectivity index (χ0) is 15.5. The lowest BCUT2D eigenvalue weighted by Crippen LogP contribution is -2.22. The summed E-state index contributed by atoms with van der Waals surface area (Å²) < 4.78 is 25.1. The van der Waals surface area contributed by atoms with Gasteiger partial charge in [-0.15, -0.1) is 11.3 Å². The van der Waals surface area contributed by atoms with E-state index < -0.39 is 10.0 Å². The topological polar surface area (TPSA) is 62.3 Å². The fraction of sp³-hybridized carbons (Fsp3) is 0.357. The number of hydrogen-bond donors (Lipinski definition) is 1. The van der Waals surface area contributed by atoms with Gasteiger partial charge in [-0.1, -0.05) is 6.92 Å². The Labute approximate surface area is 129 Å². The molecular formula is C14H19N3O2S2. The molecule has 0 radical (unpaired) electrons. The lowest BCUT2D eigenvalue weighted by Gasteiger charge is -2.12. The molecule has 5 nitrogen and oxygen atoms in total. The predicted octanol–water partition coefficient (Wildman–Crippen LogP) is 2.57. The lowest BCUT2D eigenvalue weighted by molar-refractivity contribution is 0.521. The zero-order valence-electron chi connectivity index (χ0n) is 12.3. The number of nitrogens with zero attached hydrogens (tertiary/aromatic N) is 2. The van der Waals surface area contributed by atoms with E-state index in [1.807, 2.05) is 6.20 Å². The summed E-state index contributed by atoms with van der Waals surface area (Å²) in [5.74, 6) is 0. The van der Waals surface area contributed by atoms with Crippen molar-refractivity contribution in [1.82, 2.24) is 9.29 Å². The van der Waals surface area contributed by atoms with E-state index in [9.17, 15) is 8.42 Å². The second-order valence-corrected chi connectivity index (χ2v) is 8.09. The van der Waals surface area contributed by atoms with E-state index in [4.69, 9.17) is 0 Å². The first kappa shape index (κ1) is 15.9. The third-order valence-electron chi connectivity index (χ3n) is 3.00. The van der Waals surface area contributed by atoms with Gasteiger partial charge in [-0.05, 0) is 30.7 Å². The summed E-state index contributed by atoms with van der Waals surface area (Å²) in [4.78, 5) is 5.77. The van der Waals surface area contributed by atoms with Crippen LogP contribution in [0.3, 0.4) is 0 Å². The Hall–Kier alpha value is -1.44. The van der Waals surface area contributed by atoms with Gasteiger partial charge in [0, 0.05) is 30.9 Å². The summed E-state index contributed by atoms with van der Waals surface area (Å²) in [6.45, 7) is 2.78. The van der Waals surface area contributed by atoms with Gasteiger partial charge >= 0.3 is 0 Å². The fourth-order valence-electron chi connectivity index (χ4n) is 1.74. The maximum absolute atomic E-state index is 12.0. The summed E-state index contributed by atoms with van der Waals surface area (Å²) in [5, 5.41) is 4.39. The van der Waals surface area contributed by atoms with Crippen LogP contribution >= 0.6 is 11.3 Å². The minimum Gasteiger partial charge on any atom is -0.380 e. The van der Waals surface area contributed by atoms with E-state index in [-0.39, 0.29) is 0 Å². The zero-order valence-corrected chi connectivity index (χ0v) is 14.0. The van der Waals surface area contributed by atoms with Crippen LogP contribution in [-0.2, 0) is 23.0 Å². The average molecular weight is 325 g/mol. The maximum atomic E-state index is 12.0. The van der Waals surface area contributed by atoms with Crippen molar-refractivity contribution in [3.8, 4) is 0 Å². The Kier molecular flexibility index (Phi) is 4.97. The van der Waals surface area contributed by atoms with Crippen LogP contribution in [0.15, 0.2) is 35.4 Å². The van der Waals surface area contributed by atoms with Gasteiger partial charge in [0.05, 0.1) is 16.4 Å². The van der Waals surface area contributed by atoms with Crippen molar-refractivity contribution in [2.75, 3.05) is 19.4 Å². The van der Waals surface area contributed by atoms with Gasteiger partial charge in [-0.2, -0.15) is 0 Å². The number of aromatic nitrogens is 1.